The van der Waals surface area contributed by atoms with Crippen molar-refractivity contribution >= 4 is 11.8 Å². The number of carbonyl (C=O) groups excluding carboxylic acids is 2. The van der Waals surface area contributed by atoms with Gasteiger partial charge < -0.3 is 15.0 Å². The number of aryl methyl sites for hydroxylation is 1. The largest absolute Gasteiger partial charge is 0.484 e. The monoisotopic (exact) mass is 386 g/mol. The Balaban J connectivity index is 1.31. The average Bonchev–Trinajstić information content (AvgIpc) is 2.73. The van der Waals surface area contributed by atoms with Gasteiger partial charge in [-0.05, 0) is 44.2 Å². The number of nitrogens with zero attached hydrogens (tertiary/aromatic N) is 1. The summed E-state index contributed by atoms with van der Waals surface area (Å²) in [6.07, 6.45) is 10.0. The minimum absolute atomic E-state index is 0.0313. The first-order chi connectivity index (χ1) is 13.6. The lowest BCUT2D eigenvalue weighted by molar-refractivity contribution is -0.132. The first-order valence-electron chi connectivity index (χ1n) is 10.9. The normalized spacial score (nSPS) is 18.7. The first-order valence-corrected chi connectivity index (χ1v) is 10.9. The number of likely N-dealkylation sites (tertiary alicyclic amines) is 1. The molecular weight excluding hydrogens is 352 g/mol. The second kappa shape index (κ2) is 10.5. The lowest BCUT2D eigenvalue weighted by Crippen LogP contribution is -2.47. The highest BCUT2D eigenvalue weighted by atomic mass is 16.5. The van der Waals surface area contributed by atoms with Gasteiger partial charge in [-0.25, -0.2) is 0 Å². The van der Waals surface area contributed by atoms with E-state index in [0.29, 0.717) is 12.2 Å². The highest BCUT2D eigenvalue weighted by molar-refractivity contribution is 5.78. The molecule has 0 aromatic heterocycles. The van der Waals surface area contributed by atoms with Crippen LogP contribution < -0.4 is 10.1 Å². The predicted octanol–water partition coefficient (Wildman–Crippen LogP) is 3.84. The third-order valence-corrected chi connectivity index (χ3v) is 6.09. The van der Waals surface area contributed by atoms with Gasteiger partial charge in [0.05, 0.1) is 0 Å². The Morgan fingerprint density at radius 2 is 1.71 bits per heavy atom. The molecule has 1 aliphatic carbocycles. The van der Waals surface area contributed by atoms with E-state index in [1.54, 1.807) is 0 Å². The van der Waals surface area contributed by atoms with Gasteiger partial charge in [0, 0.05) is 25.6 Å². The van der Waals surface area contributed by atoms with Crippen molar-refractivity contribution in [2.75, 3.05) is 19.7 Å². The minimum atomic E-state index is -0.0948. The van der Waals surface area contributed by atoms with E-state index in [-0.39, 0.29) is 24.5 Å². The summed E-state index contributed by atoms with van der Waals surface area (Å²) >= 11 is 0. The molecule has 1 saturated heterocycles. The first kappa shape index (κ1) is 20.7. The van der Waals surface area contributed by atoms with Crippen molar-refractivity contribution in [3.05, 3.63) is 29.8 Å². The van der Waals surface area contributed by atoms with Crippen molar-refractivity contribution in [2.24, 2.45) is 5.92 Å². The molecule has 5 nitrogen and oxygen atoms in total. The maximum Gasteiger partial charge on any atom is 0.258 e. The van der Waals surface area contributed by atoms with Gasteiger partial charge in [-0.1, -0.05) is 49.8 Å². The molecule has 28 heavy (non-hydrogen) atoms. The molecule has 2 aliphatic rings. The van der Waals surface area contributed by atoms with Crippen LogP contribution in [0.15, 0.2) is 24.3 Å². The molecule has 0 radical (unpaired) electrons. The number of hydrogen-bond acceptors (Lipinski definition) is 3. The summed E-state index contributed by atoms with van der Waals surface area (Å²) in [7, 11) is 0. The molecule has 1 aromatic rings. The van der Waals surface area contributed by atoms with Crippen LogP contribution in [-0.4, -0.2) is 42.5 Å². The van der Waals surface area contributed by atoms with Crippen LogP contribution in [0.4, 0.5) is 0 Å². The molecule has 0 bridgehead atoms. The number of benzene rings is 1. The maximum absolute atomic E-state index is 12.5. The third kappa shape index (κ3) is 6.54. The van der Waals surface area contributed by atoms with Crippen molar-refractivity contribution < 1.29 is 14.3 Å². The molecule has 2 fully saturated rings. The van der Waals surface area contributed by atoms with Crippen molar-refractivity contribution in [1.82, 2.24) is 10.2 Å². The molecule has 0 atom stereocenters. The highest BCUT2D eigenvalue weighted by Crippen LogP contribution is 2.27. The van der Waals surface area contributed by atoms with E-state index in [1.165, 1.54) is 32.1 Å². The fourth-order valence-electron chi connectivity index (χ4n) is 4.29. The van der Waals surface area contributed by atoms with Crippen molar-refractivity contribution in [1.29, 1.82) is 0 Å². The summed E-state index contributed by atoms with van der Waals surface area (Å²) in [4.78, 5) is 26.6. The summed E-state index contributed by atoms with van der Waals surface area (Å²) in [6.45, 7) is 3.54. The van der Waals surface area contributed by atoms with Crippen LogP contribution in [0.2, 0.25) is 0 Å². The van der Waals surface area contributed by atoms with Crippen LogP contribution in [0.1, 0.15) is 63.4 Å². The number of piperidine rings is 1. The second-order valence-electron chi connectivity index (χ2n) is 8.37. The van der Waals surface area contributed by atoms with E-state index in [2.05, 4.69) is 5.32 Å². The van der Waals surface area contributed by atoms with E-state index in [9.17, 15) is 9.59 Å². The molecular formula is C23H34N2O3. The van der Waals surface area contributed by atoms with Gasteiger partial charge in [-0.3, -0.25) is 9.59 Å². The second-order valence-corrected chi connectivity index (χ2v) is 8.37. The number of nitrogens with one attached hydrogen (secondary N) is 1. The average molecular weight is 387 g/mol. The smallest absolute Gasteiger partial charge is 0.258 e. The van der Waals surface area contributed by atoms with Gasteiger partial charge in [0.2, 0.25) is 5.91 Å². The molecule has 3 rings (SSSR count). The Morgan fingerprint density at radius 1 is 1.04 bits per heavy atom. The molecule has 1 N–H and O–H groups in total. The van der Waals surface area contributed by atoms with Gasteiger partial charge in [0.15, 0.2) is 6.61 Å². The van der Waals surface area contributed by atoms with Crippen molar-refractivity contribution in [3.8, 4) is 5.75 Å². The number of rotatable bonds is 7. The molecule has 154 valence electrons. The molecule has 1 aromatic carbocycles. The van der Waals surface area contributed by atoms with Crippen molar-refractivity contribution in [3.63, 3.8) is 0 Å². The van der Waals surface area contributed by atoms with E-state index in [0.717, 1.165) is 43.8 Å². The van der Waals surface area contributed by atoms with Crippen LogP contribution in [-0.2, 0) is 9.59 Å². The maximum atomic E-state index is 12.5. The minimum Gasteiger partial charge on any atom is -0.484 e. The van der Waals surface area contributed by atoms with Gasteiger partial charge in [0.1, 0.15) is 5.75 Å². The van der Waals surface area contributed by atoms with Crippen LogP contribution in [0, 0.1) is 12.8 Å². The molecule has 1 heterocycles. The Hall–Kier alpha value is -2.04. The molecule has 0 spiro atoms. The number of ether oxygens (including phenoxy) is 1. The van der Waals surface area contributed by atoms with E-state index in [1.807, 2.05) is 36.1 Å². The summed E-state index contributed by atoms with van der Waals surface area (Å²) in [5.74, 6) is 1.66. The lowest BCUT2D eigenvalue weighted by atomic mass is 9.86. The Kier molecular flexibility index (Phi) is 7.75. The fraction of sp³-hybridized carbons (Fsp3) is 0.652. The SMILES string of the molecule is Cc1ccc(OCC(=O)NC2CCN(C(=O)CCC3CCCCC3)CC2)cc1. The van der Waals surface area contributed by atoms with Gasteiger partial charge in [0.25, 0.3) is 5.91 Å². The zero-order valence-corrected chi connectivity index (χ0v) is 17.1. The molecule has 1 aliphatic heterocycles. The summed E-state index contributed by atoms with van der Waals surface area (Å²) in [6, 6.07) is 7.82. The Labute approximate surface area is 168 Å². The van der Waals surface area contributed by atoms with Crippen LogP contribution >= 0.6 is 0 Å². The van der Waals surface area contributed by atoms with Crippen LogP contribution in [0.3, 0.4) is 0 Å². The van der Waals surface area contributed by atoms with Gasteiger partial charge in [-0.15, -0.1) is 0 Å². The Morgan fingerprint density at radius 3 is 2.39 bits per heavy atom. The topological polar surface area (TPSA) is 58.6 Å². The summed E-state index contributed by atoms with van der Waals surface area (Å²) in [5, 5.41) is 3.04. The van der Waals surface area contributed by atoms with Crippen LogP contribution in [0.5, 0.6) is 5.75 Å². The fourth-order valence-corrected chi connectivity index (χ4v) is 4.29. The van der Waals surface area contributed by atoms with Gasteiger partial charge in [-0.2, -0.15) is 0 Å². The third-order valence-electron chi connectivity index (χ3n) is 6.09. The van der Waals surface area contributed by atoms with E-state index >= 15 is 0 Å². The number of amides is 2. The highest BCUT2D eigenvalue weighted by Gasteiger charge is 2.24. The quantitative estimate of drug-likeness (QED) is 0.774. The molecule has 0 unspecified atom stereocenters. The van der Waals surface area contributed by atoms with Gasteiger partial charge >= 0.3 is 0 Å². The van der Waals surface area contributed by atoms with E-state index < -0.39 is 0 Å². The Bertz CT molecular complexity index is 630. The standard InChI is InChI=1S/C23H34N2O3/c1-18-7-10-21(11-8-18)28-17-22(26)24-20-13-15-25(16-14-20)23(27)12-9-19-5-3-2-4-6-19/h7-8,10-11,19-20H,2-6,9,12-17H2,1H3,(H,24,26). The number of carbonyl (C=O) groups is 2. The zero-order chi connectivity index (χ0) is 19.8. The zero-order valence-electron chi connectivity index (χ0n) is 17.1. The molecule has 2 amide bonds. The van der Waals surface area contributed by atoms with Crippen molar-refractivity contribution in [2.45, 2.75) is 70.8 Å². The van der Waals surface area contributed by atoms with Crippen LogP contribution in [0.25, 0.3) is 0 Å². The predicted molar refractivity (Wildman–Crippen MR) is 110 cm³/mol. The summed E-state index contributed by atoms with van der Waals surface area (Å²) < 4.78 is 5.54. The van der Waals surface area contributed by atoms with E-state index in [4.69, 9.17) is 4.74 Å². The molecule has 1 saturated carbocycles. The molecule has 5 heteroatoms. The lowest BCUT2D eigenvalue weighted by Gasteiger charge is -2.33. The number of hydrogen-bond donors (Lipinski definition) is 1. The summed E-state index contributed by atoms with van der Waals surface area (Å²) in [5.41, 5.74) is 1.16.